The molecule has 5 aromatic rings. The molecule has 1 aliphatic rings. The summed E-state index contributed by atoms with van der Waals surface area (Å²) in [5.74, 6) is 5.53. The zero-order chi connectivity index (χ0) is 36.9. The summed E-state index contributed by atoms with van der Waals surface area (Å²) in [6.07, 6.45) is 5.12. The summed E-state index contributed by atoms with van der Waals surface area (Å²) in [6, 6.07) is 14.8. The minimum absolute atomic E-state index is 0.00345. The molecule has 0 amide bonds. The van der Waals surface area contributed by atoms with Crippen molar-refractivity contribution in [1.29, 1.82) is 0 Å². The number of ether oxygens (including phenoxy) is 1. The van der Waals surface area contributed by atoms with Crippen molar-refractivity contribution < 1.29 is 23.1 Å². The van der Waals surface area contributed by atoms with Gasteiger partial charge in [-0.05, 0) is 99.4 Å². The summed E-state index contributed by atoms with van der Waals surface area (Å²) >= 11 is 0. The van der Waals surface area contributed by atoms with Gasteiger partial charge in [-0.2, -0.15) is 0 Å². The fourth-order valence-electron chi connectivity index (χ4n) is 6.67. The van der Waals surface area contributed by atoms with Gasteiger partial charge in [-0.3, -0.25) is 19.1 Å². The molecule has 0 saturated carbocycles. The normalized spacial score (nSPS) is 13.6. The molecule has 3 aromatic carbocycles. The number of methoxy groups -OCH3 is 1. The summed E-state index contributed by atoms with van der Waals surface area (Å²) < 4.78 is 35.6. The number of benzene rings is 3. The Morgan fingerprint density at radius 1 is 0.962 bits per heavy atom. The molecule has 0 atom stereocenters. The lowest BCUT2D eigenvalue weighted by atomic mass is 9.89. The van der Waals surface area contributed by atoms with E-state index in [4.69, 9.17) is 9.72 Å². The van der Waals surface area contributed by atoms with Crippen LogP contribution in [-0.4, -0.2) is 63.0 Å². The molecule has 0 bridgehead atoms. The third-order valence-corrected chi connectivity index (χ3v) is 9.83. The van der Waals surface area contributed by atoms with Crippen molar-refractivity contribution in [2.24, 2.45) is 13.0 Å². The zero-order valence-corrected chi connectivity index (χ0v) is 29.8. The molecule has 6 rings (SSSR count). The van der Waals surface area contributed by atoms with E-state index in [0.717, 1.165) is 60.1 Å². The first-order valence-corrected chi connectivity index (χ1v) is 17.4. The first kappa shape index (κ1) is 36.3. The van der Waals surface area contributed by atoms with Crippen LogP contribution in [0.1, 0.15) is 81.0 Å². The van der Waals surface area contributed by atoms with E-state index in [0.29, 0.717) is 47.2 Å². The topological polar surface area (TPSA) is 99.3 Å². The summed E-state index contributed by atoms with van der Waals surface area (Å²) in [6.45, 7) is 3.72. The van der Waals surface area contributed by atoms with Crippen LogP contribution < -0.4 is 10.3 Å². The number of halogens is 2. The van der Waals surface area contributed by atoms with Gasteiger partial charge >= 0.3 is 0 Å². The molecule has 0 radical (unpaired) electrons. The Labute approximate surface area is 301 Å². The third-order valence-electron chi connectivity index (χ3n) is 9.83. The van der Waals surface area contributed by atoms with Crippen molar-refractivity contribution in [2.75, 3.05) is 27.2 Å². The highest BCUT2D eigenvalue weighted by atomic mass is 19.2. The maximum Gasteiger partial charge on any atom is 0.278 e. The number of hydrogen-bond acceptors (Lipinski definition) is 7. The second kappa shape index (κ2) is 15.8. The number of aromatic nitrogens is 4. The lowest BCUT2D eigenvalue weighted by molar-refractivity contribution is 0.0932. The predicted octanol–water partition coefficient (Wildman–Crippen LogP) is 6.29. The van der Waals surface area contributed by atoms with Crippen molar-refractivity contribution in [2.45, 2.75) is 52.0 Å². The molecule has 1 aliphatic heterocycles. The van der Waals surface area contributed by atoms with E-state index in [1.54, 1.807) is 32.0 Å². The number of nitrogens with zero attached hydrogens (tertiary/aromatic N) is 5. The van der Waals surface area contributed by atoms with Crippen LogP contribution in [0.25, 0.3) is 10.9 Å². The second-order valence-electron chi connectivity index (χ2n) is 13.5. The van der Waals surface area contributed by atoms with Gasteiger partial charge in [0.15, 0.2) is 23.2 Å². The molecule has 52 heavy (non-hydrogen) atoms. The Kier molecular flexibility index (Phi) is 11.1. The Balaban J connectivity index is 1.07. The van der Waals surface area contributed by atoms with E-state index in [-0.39, 0.29) is 36.5 Å². The van der Waals surface area contributed by atoms with Gasteiger partial charge in [-0.15, -0.1) is 0 Å². The first-order valence-electron chi connectivity index (χ1n) is 17.4. The summed E-state index contributed by atoms with van der Waals surface area (Å²) in [7, 11) is 5.35. The predicted molar refractivity (Wildman–Crippen MR) is 195 cm³/mol. The van der Waals surface area contributed by atoms with E-state index < -0.39 is 17.2 Å². The molecule has 0 N–H and O–H groups in total. The number of piperidine rings is 1. The van der Waals surface area contributed by atoms with Gasteiger partial charge in [0.05, 0.1) is 24.7 Å². The van der Waals surface area contributed by atoms with Crippen LogP contribution in [0, 0.1) is 36.3 Å². The average Bonchev–Trinajstić information content (AvgIpc) is 3.34. The highest BCUT2D eigenvalue weighted by molar-refractivity contribution is 5.99. The standard InChI is InChI=1S/C41H41F2N5O4/c1-26-40(41(51)48(47(26)3)25-30-10-13-33(42)34(43)20-30)36(49)8-6-5-7-27-11-14-35-31(19-27)24-44-39(45-35)23-29-9-12-32(38(22-29)52-4)37(50)21-28-15-17-46(2)18-16-28/h9-14,19-20,22,24,28H,6,8,15-18,21,23,25H2,1-4H3. The van der Waals surface area contributed by atoms with Crippen LogP contribution in [0.3, 0.4) is 0 Å². The van der Waals surface area contributed by atoms with Crippen LogP contribution in [0.4, 0.5) is 8.78 Å². The van der Waals surface area contributed by atoms with E-state index in [1.807, 2.05) is 36.4 Å². The number of fused-ring (bicyclic) bond motifs is 1. The fourth-order valence-corrected chi connectivity index (χ4v) is 6.67. The van der Waals surface area contributed by atoms with Crippen LogP contribution in [-0.2, 0) is 20.0 Å². The van der Waals surface area contributed by atoms with Gasteiger partial charge in [0.25, 0.3) is 5.56 Å². The molecule has 1 saturated heterocycles. The van der Waals surface area contributed by atoms with Crippen LogP contribution >= 0.6 is 0 Å². The highest BCUT2D eigenvalue weighted by Crippen LogP contribution is 2.27. The van der Waals surface area contributed by atoms with Crippen LogP contribution in [0.2, 0.25) is 0 Å². The molecule has 268 valence electrons. The van der Waals surface area contributed by atoms with Crippen molar-refractivity contribution >= 4 is 22.5 Å². The molecular formula is C41H41F2N5O4. The number of likely N-dealkylation sites (tertiary alicyclic amines) is 1. The molecule has 9 nitrogen and oxygen atoms in total. The monoisotopic (exact) mass is 705 g/mol. The molecule has 0 aliphatic carbocycles. The number of ketones is 2. The Bertz CT molecular complexity index is 2270. The largest absolute Gasteiger partial charge is 0.496 e. The van der Waals surface area contributed by atoms with Crippen molar-refractivity contribution in [3.63, 3.8) is 0 Å². The van der Waals surface area contributed by atoms with Crippen LogP contribution in [0.5, 0.6) is 5.75 Å². The van der Waals surface area contributed by atoms with Crippen molar-refractivity contribution in [1.82, 2.24) is 24.2 Å². The highest BCUT2D eigenvalue weighted by Gasteiger charge is 2.23. The lowest BCUT2D eigenvalue weighted by Gasteiger charge is -2.28. The van der Waals surface area contributed by atoms with E-state index in [2.05, 4.69) is 28.8 Å². The fraction of sp³-hybridized carbons (Fsp3) is 0.341. The molecule has 2 aromatic heterocycles. The quantitative estimate of drug-likeness (QED) is 0.118. The molecule has 0 spiro atoms. The van der Waals surface area contributed by atoms with Gasteiger partial charge in [0, 0.05) is 55.6 Å². The lowest BCUT2D eigenvalue weighted by Crippen LogP contribution is -2.31. The number of carbonyl (C=O) groups is 2. The second-order valence-corrected chi connectivity index (χ2v) is 13.5. The zero-order valence-electron chi connectivity index (χ0n) is 29.8. The maximum atomic E-state index is 13.7. The number of rotatable bonds is 11. The van der Waals surface area contributed by atoms with Crippen molar-refractivity contribution in [3.8, 4) is 17.6 Å². The number of Topliss-reactive ketones (excluding diaryl/α,β-unsaturated/α-hetero) is 2. The Morgan fingerprint density at radius 2 is 1.73 bits per heavy atom. The molecule has 1 fully saturated rings. The molecule has 0 unspecified atom stereocenters. The van der Waals surface area contributed by atoms with E-state index in [9.17, 15) is 23.2 Å². The van der Waals surface area contributed by atoms with Gasteiger partial charge < -0.3 is 9.64 Å². The minimum Gasteiger partial charge on any atom is -0.496 e. The van der Waals surface area contributed by atoms with Gasteiger partial charge in [0.1, 0.15) is 17.1 Å². The van der Waals surface area contributed by atoms with Gasteiger partial charge in [0.2, 0.25) is 0 Å². The summed E-state index contributed by atoms with van der Waals surface area (Å²) in [5.41, 5.74) is 3.53. The smallest absolute Gasteiger partial charge is 0.278 e. The maximum absolute atomic E-state index is 13.7. The Morgan fingerprint density at radius 3 is 2.48 bits per heavy atom. The number of carbonyl (C=O) groups excluding carboxylic acids is 2. The third kappa shape index (κ3) is 8.19. The van der Waals surface area contributed by atoms with Gasteiger partial charge in [-0.25, -0.2) is 23.4 Å². The molecular weight excluding hydrogens is 664 g/mol. The Hall–Kier alpha value is -5.47. The summed E-state index contributed by atoms with van der Waals surface area (Å²) in [4.78, 5) is 50.9. The van der Waals surface area contributed by atoms with Crippen molar-refractivity contribution in [3.05, 3.63) is 122 Å². The minimum atomic E-state index is -0.998. The van der Waals surface area contributed by atoms with Gasteiger partial charge in [-0.1, -0.05) is 24.0 Å². The average molecular weight is 706 g/mol. The summed E-state index contributed by atoms with van der Waals surface area (Å²) in [5, 5.41) is 0.820. The van der Waals surface area contributed by atoms with E-state index >= 15 is 0 Å². The SMILES string of the molecule is COc1cc(Cc2ncc3cc(C#CCCC(=O)c4c(C)n(C)n(Cc5ccc(F)c(F)c5)c4=O)ccc3n2)ccc1C(=O)CC1CCN(C)CC1. The molecule has 3 heterocycles. The molecule has 11 heteroatoms. The first-order chi connectivity index (χ1) is 25.0. The van der Waals surface area contributed by atoms with Crippen LogP contribution in [0.15, 0.2) is 65.6 Å². The van der Waals surface area contributed by atoms with E-state index in [1.165, 1.54) is 10.7 Å². The number of hydrogen-bond donors (Lipinski definition) is 0.